The smallest absolute Gasteiger partial charge is 0.408 e. The Morgan fingerprint density at radius 1 is 1.38 bits per heavy atom. The molecule has 0 unspecified atom stereocenters. The van der Waals surface area contributed by atoms with Crippen LogP contribution in [0.15, 0.2) is 12.1 Å². The fourth-order valence-corrected chi connectivity index (χ4v) is 1.96. The Hall–Kier alpha value is -1.96. The van der Waals surface area contributed by atoms with Gasteiger partial charge in [0.2, 0.25) is 0 Å². The molecule has 21 heavy (non-hydrogen) atoms. The number of alkyl halides is 2. The van der Waals surface area contributed by atoms with Crippen molar-refractivity contribution in [2.75, 3.05) is 20.8 Å². The fraction of sp³-hybridized carbons (Fsp3) is 0.417. The lowest BCUT2D eigenvalue weighted by Crippen LogP contribution is -2.49. The number of phenols is 1. The first-order valence-electron chi connectivity index (χ1n) is 5.65. The van der Waals surface area contributed by atoms with Crippen molar-refractivity contribution in [2.24, 2.45) is 0 Å². The van der Waals surface area contributed by atoms with E-state index in [1.165, 1.54) is 20.3 Å². The number of amides is 1. The molecule has 0 aromatic heterocycles. The van der Waals surface area contributed by atoms with Crippen molar-refractivity contribution in [1.82, 2.24) is 5.32 Å². The lowest BCUT2D eigenvalue weighted by atomic mass is 9.97. The fourth-order valence-electron chi connectivity index (χ4n) is 1.96. The maximum absolute atomic E-state index is 13.9. The standard InChI is InChI=1S/C12H13F2NO5.ClH/c1-18-6-3-7(16)9(8(4-6)19-2)10-12(13,14)5-20-11(17)15-10;/h3-4,10,16H,5H2,1-2H3,(H,15,17);1H/t10-;/m0./s1. The number of alkyl carbamates (subject to hydrolysis) is 1. The van der Waals surface area contributed by atoms with E-state index < -0.39 is 30.4 Å². The number of halogens is 3. The lowest BCUT2D eigenvalue weighted by Gasteiger charge is -2.32. The molecule has 2 N–H and O–H groups in total. The molecule has 1 fully saturated rings. The molecule has 0 spiro atoms. The summed E-state index contributed by atoms with van der Waals surface area (Å²) in [5, 5.41) is 11.9. The quantitative estimate of drug-likeness (QED) is 0.891. The van der Waals surface area contributed by atoms with Crippen LogP contribution >= 0.6 is 12.4 Å². The van der Waals surface area contributed by atoms with Gasteiger partial charge >= 0.3 is 12.0 Å². The summed E-state index contributed by atoms with van der Waals surface area (Å²) in [6.07, 6.45) is -0.988. The summed E-state index contributed by atoms with van der Waals surface area (Å²) >= 11 is 0. The Morgan fingerprint density at radius 3 is 2.62 bits per heavy atom. The first-order valence-corrected chi connectivity index (χ1v) is 5.65. The third-order valence-electron chi connectivity index (χ3n) is 2.92. The Morgan fingerprint density at radius 2 is 2.05 bits per heavy atom. The molecule has 1 saturated heterocycles. The topological polar surface area (TPSA) is 77.0 Å². The Bertz CT molecular complexity index is 541. The van der Waals surface area contributed by atoms with Crippen molar-refractivity contribution in [2.45, 2.75) is 12.0 Å². The summed E-state index contributed by atoms with van der Waals surface area (Å²) in [6, 6.07) is 0.757. The number of methoxy groups -OCH3 is 2. The number of phenolic OH excluding ortho intramolecular Hbond substituents is 1. The van der Waals surface area contributed by atoms with Crippen LogP contribution in [0.3, 0.4) is 0 Å². The number of hydrogen-bond donors (Lipinski definition) is 2. The molecule has 1 aliphatic heterocycles. The minimum Gasteiger partial charge on any atom is -0.507 e. The van der Waals surface area contributed by atoms with Gasteiger partial charge in [0.15, 0.2) is 6.61 Å². The van der Waals surface area contributed by atoms with E-state index >= 15 is 0 Å². The second-order valence-electron chi connectivity index (χ2n) is 4.18. The molecule has 1 heterocycles. The largest absolute Gasteiger partial charge is 0.507 e. The first-order chi connectivity index (χ1) is 9.39. The highest BCUT2D eigenvalue weighted by molar-refractivity contribution is 5.85. The van der Waals surface area contributed by atoms with E-state index in [-0.39, 0.29) is 29.5 Å². The average molecular weight is 326 g/mol. The van der Waals surface area contributed by atoms with Gasteiger partial charge in [-0.25, -0.2) is 13.6 Å². The SMILES string of the molecule is COc1cc(O)c([C@@H]2NC(=O)OCC2(F)F)c(OC)c1.Cl. The van der Waals surface area contributed by atoms with Crippen LogP contribution in [-0.4, -0.2) is 37.9 Å². The van der Waals surface area contributed by atoms with Crippen LogP contribution in [0.2, 0.25) is 0 Å². The number of carbonyl (C=O) groups excluding carboxylic acids is 1. The summed E-state index contributed by atoms with van der Waals surface area (Å²) in [5.74, 6) is -3.63. The van der Waals surface area contributed by atoms with Crippen LogP contribution in [0.1, 0.15) is 11.6 Å². The average Bonchev–Trinajstić information content (AvgIpc) is 2.41. The van der Waals surface area contributed by atoms with Gasteiger partial charge in [-0.2, -0.15) is 0 Å². The number of carbonyl (C=O) groups is 1. The molecular weight excluding hydrogens is 312 g/mol. The van der Waals surface area contributed by atoms with E-state index in [0.717, 1.165) is 6.07 Å². The molecule has 2 rings (SSSR count). The van der Waals surface area contributed by atoms with Gasteiger partial charge in [-0.3, -0.25) is 0 Å². The normalized spacial score (nSPS) is 19.8. The Balaban J connectivity index is 0.00000220. The lowest BCUT2D eigenvalue weighted by molar-refractivity contribution is -0.105. The highest BCUT2D eigenvalue weighted by Gasteiger charge is 2.49. The van der Waals surface area contributed by atoms with Crippen molar-refractivity contribution in [1.29, 1.82) is 0 Å². The van der Waals surface area contributed by atoms with E-state index in [1.54, 1.807) is 0 Å². The van der Waals surface area contributed by atoms with Gasteiger partial charge in [0.1, 0.15) is 23.3 Å². The Labute approximate surface area is 125 Å². The van der Waals surface area contributed by atoms with Crippen LogP contribution in [0.4, 0.5) is 13.6 Å². The second kappa shape index (κ2) is 6.21. The van der Waals surface area contributed by atoms with E-state index in [4.69, 9.17) is 9.47 Å². The number of aromatic hydroxyl groups is 1. The third-order valence-corrected chi connectivity index (χ3v) is 2.92. The zero-order chi connectivity index (χ0) is 14.9. The molecule has 9 heteroatoms. The number of benzene rings is 1. The zero-order valence-electron chi connectivity index (χ0n) is 11.2. The predicted octanol–water partition coefficient (Wildman–Crippen LogP) is 2.25. The van der Waals surface area contributed by atoms with Gasteiger partial charge in [-0.15, -0.1) is 12.4 Å². The van der Waals surface area contributed by atoms with E-state index in [0.29, 0.717) is 0 Å². The van der Waals surface area contributed by atoms with E-state index in [9.17, 15) is 18.7 Å². The first kappa shape index (κ1) is 17.1. The maximum Gasteiger partial charge on any atom is 0.408 e. The molecule has 1 aromatic rings. The number of nitrogens with one attached hydrogen (secondary N) is 1. The van der Waals surface area contributed by atoms with Crippen LogP contribution in [0.5, 0.6) is 17.2 Å². The van der Waals surface area contributed by atoms with Crippen molar-refractivity contribution in [3.8, 4) is 17.2 Å². The molecule has 1 atom stereocenters. The summed E-state index contributed by atoms with van der Waals surface area (Å²) in [7, 11) is 2.62. The molecule has 118 valence electrons. The molecule has 6 nitrogen and oxygen atoms in total. The summed E-state index contributed by atoms with van der Waals surface area (Å²) in [4.78, 5) is 11.2. The van der Waals surface area contributed by atoms with Crippen molar-refractivity contribution >= 4 is 18.5 Å². The minimum absolute atomic E-state index is 0. The van der Waals surface area contributed by atoms with Crippen molar-refractivity contribution < 1.29 is 32.9 Å². The summed E-state index contributed by atoms with van der Waals surface area (Å²) in [5.41, 5.74) is -0.227. The van der Waals surface area contributed by atoms with Crippen LogP contribution in [0, 0.1) is 0 Å². The molecule has 0 saturated carbocycles. The van der Waals surface area contributed by atoms with E-state index in [1.807, 2.05) is 5.32 Å². The van der Waals surface area contributed by atoms with Crippen LogP contribution in [0.25, 0.3) is 0 Å². The molecule has 1 aromatic carbocycles. The predicted molar refractivity (Wildman–Crippen MR) is 70.6 cm³/mol. The molecule has 0 aliphatic carbocycles. The highest BCUT2D eigenvalue weighted by Crippen LogP contribution is 2.44. The van der Waals surface area contributed by atoms with Gasteiger partial charge in [-0.05, 0) is 0 Å². The van der Waals surface area contributed by atoms with Gasteiger partial charge in [0, 0.05) is 12.1 Å². The number of rotatable bonds is 3. The third kappa shape index (κ3) is 3.21. The van der Waals surface area contributed by atoms with Gasteiger partial charge in [0.25, 0.3) is 0 Å². The van der Waals surface area contributed by atoms with Crippen molar-refractivity contribution in [3.05, 3.63) is 17.7 Å². The van der Waals surface area contributed by atoms with Gasteiger partial charge in [0.05, 0.1) is 19.8 Å². The highest BCUT2D eigenvalue weighted by atomic mass is 35.5. The Kier molecular flexibility index (Phi) is 5.06. The van der Waals surface area contributed by atoms with Gasteiger partial charge < -0.3 is 24.6 Å². The molecule has 0 bridgehead atoms. The molecular formula is C12H14ClF2NO5. The van der Waals surface area contributed by atoms with E-state index in [2.05, 4.69) is 4.74 Å². The summed E-state index contributed by atoms with van der Waals surface area (Å²) in [6.45, 7) is -1.07. The van der Waals surface area contributed by atoms with Gasteiger partial charge in [-0.1, -0.05) is 0 Å². The number of cyclic esters (lactones) is 1. The van der Waals surface area contributed by atoms with Crippen LogP contribution < -0.4 is 14.8 Å². The molecule has 0 radical (unpaired) electrons. The zero-order valence-corrected chi connectivity index (χ0v) is 12.0. The minimum atomic E-state index is -3.38. The maximum atomic E-state index is 13.9. The number of ether oxygens (including phenoxy) is 3. The molecule has 1 amide bonds. The monoisotopic (exact) mass is 325 g/mol. The molecule has 1 aliphatic rings. The second-order valence-corrected chi connectivity index (χ2v) is 4.18. The summed E-state index contributed by atoms with van der Waals surface area (Å²) < 4.78 is 41.9. The van der Waals surface area contributed by atoms with Crippen LogP contribution in [-0.2, 0) is 4.74 Å². The number of hydrogen-bond acceptors (Lipinski definition) is 5. The van der Waals surface area contributed by atoms with Crippen molar-refractivity contribution in [3.63, 3.8) is 0 Å².